The Hall–Kier alpha value is -3.90. The quantitative estimate of drug-likeness (QED) is 0.395. The second-order valence-electron chi connectivity index (χ2n) is 9.37. The third-order valence-corrected chi connectivity index (χ3v) is 6.55. The first-order chi connectivity index (χ1) is 18.5. The highest BCUT2D eigenvalue weighted by Gasteiger charge is 2.42. The van der Waals surface area contributed by atoms with E-state index in [9.17, 15) is 27.9 Å². The molecule has 0 radical (unpaired) electrons. The van der Waals surface area contributed by atoms with Crippen LogP contribution in [0.15, 0.2) is 54.9 Å². The number of aliphatic hydroxyl groups is 1. The van der Waals surface area contributed by atoms with E-state index in [2.05, 4.69) is 15.6 Å². The van der Waals surface area contributed by atoms with Gasteiger partial charge in [-0.1, -0.05) is 18.2 Å². The molecule has 3 N–H and O–H groups in total. The molecule has 4 rings (SSSR count). The molecule has 12 heteroatoms. The zero-order valence-corrected chi connectivity index (χ0v) is 21.4. The van der Waals surface area contributed by atoms with Gasteiger partial charge in [-0.2, -0.15) is 13.2 Å². The lowest BCUT2D eigenvalue weighted by molar-refractivity contribution is -0.138. The molecule has 208 valence electrons. The van der Waals surface area contributed by atoms with Crippen molar-refractivity contribution in [1.29, 1.82) is 0 Å². The van der Waals surface area contributed by atoms with Crippen molar-refractivity contribution in [1.82, 2.24) is 20.2 Å². The highest BCUT2D eigenvalue weighted by Crippen LogP contribution is 2.39. The van der Waals surface area contributed by atoms with Gasteiger partial charge in [0.15, 0.2) is 5.82 Å². The van der Waals surface area contributed by atoms with Crippen LogP contribution in [-0.4, -0.2) is 45.2 Å². The molecule has 1 aromatic heterocycles. The monoisotopic (exact) mass is 546 g/mol. The number of nitrogens with zero attached hydrogens (tertiary/aromatic N) is 2. The van der Waals surface area contributed by atoms with Gasteiger partial charge in [-0.25, -0.2) is 4.98 Å². The molecule has 1 atom stereocenters. The fourth-order valence-corrected chi connectivity index (χ4v) is 4.26. The summed E-state index contributed by atoms with van der Waals surface area (Å²) in [6.45, 7) is 2.11. The van der Waals surface area contributed by atoms with Gasteiger partial charge in [-0.05, 0) is 42.3 Å². The van der Waals surface area contributed by atoms with Crippen LogP contribution in [-0.2, 0) is 29.3 Å². The van der Waals surface area contributed by atoms with Gasteiger partial charge in [-0.3, -0.25) is 9.59 Å². The van der Waals surface area contributed by atoms with E-state index < -0.39 is 35.0 Å². The van der Waals surface area contributed by atoms with Gasteiger partial charge in [0, 0.05) is 52.0 Å². The Morgan fingerprint density at radius 3 is 2.46 bits per heavy atom. The molecule has 2 amide bonds. The standard InChI is InChI=1S/C27H29F3N4O5/c1-17(35)19-5-8-22(21(15-19)27(28,29)30)39-20-6-3-18(4-7-20)16-32-25(37)26(9-13-38-14-10-26)33-24(36)23-31-11-12-34(23)2/h3-8,11-12,15,17,35H,9-10,13-14,16H2,1-2H3,(H,32,37)(H,33,36). The molecule has 3 aromatic rings. The molecule has 0 aliphatic carbocycles. The number of imidazole rings is 1. The van der Waals surface area contributed by atoms with Crippen LogP contribution in [0.25, 0.3) is 0 Å². The van der Waals surface area contributed by atoms with Gasteiger partial charge in [-0.15, -0.1) is 0 Å². The molecule has 9 nitrogen and oxygen atoms in total. The van der Waals surface area contributed by atoms with Gasteiger partial charge in [0.2, 0.25) is 5.91 Å². The predicted octanol–water partition coefficient (Wildman–Crippen LogP) is 3.88. The molecule has 2 heterocycles. The van der Waals surface area contributed by atoms with Crippen molar-refractivity contribution < 1.29 is 37.3 Å². The summed E-state index contributed by atoms with van der Waals surface area (Å²) >= 11 is 0. The van der Waals surface area contributed by atoms with Crippen molar-refractivity contribution in [3.63, 3.8) is 0 Å². The zero-order chi connectivity index (χ0) is 28.2. The number of hydrogen-bond donors (Lipinski definition) is 3. The van der Waals surface area contributed by atoms with Crippen molar-refractivity contribution in [3.05, 3.63) is 77.4 Å². The number of amides is 2. The van der Waals surface area contributed by atoms with Crippen molar-refractivity contribution in [3.8, 4) is 11.5 Å². The first kappa shape index (κ1) is 28.1. The Morgan fingerprint density at radius 2 is 1.87 bits per heavy atom. The molecule has 0 spiro atoms. The summed E-state index contributed by atoms with van der Waals surface area (Å²) in [6, 6.07) is 9.65. The number of benzene rings is 2. The highest BCUT2D eigenvalue weighted by molar-refractivity contribution is 5.97. The zero-order valence-electron chi connectivity index (χ0n) is 21.4. The van der Waals surface area contributed by atoms with Gasteiger partial charge in [0.05, 0.1) is 11.7 Å². The molecule has 1 saturated heterocycles. The SMILES string of the molecule is CC(O)c1ccc(Oc2ccc(CNC(=O)C3(NC(=O)c4nccn4C)CCOCC3)cc2)c(C(F)(F)F)c1. The van der Waals surface area contributed by atoms with E-state index >= 15 is 0 Å². The van der Waals surface area contributed by atoms with Crippen LogP contribution >= 0.6 is 0 Å². The number of aliphatic hydroxyl groups excluding tert-OH is 1. The van der Waals surface area contributed by atoms with Crippen LogP contribution in [0.5, 0.6) is 11.5 Å². The fourth-order valence-electron chi connectivity index (χ4n) is 4.26. The Balaban J connectivity index is 1.42. The maximum atomic E-state index is 13.6. The van der Waals surface area contributed by atoms with Gasteiger partial charge in [0.1, 0.15) is 17.0 Å². The molecule has 1 unspecified atom stereocenters. The summed E-state index contributed by atoms with van der Waals surface area (Å²) in [6.07, 6.45) is -2.02. The van der Waals surface area contributed by atoms with Crippen LogP contribution in [0.1, 0.15) is 53.2 Å². The number of hydrogen-bond acceptors (Lipinski definition) is 6. The number of alkyl halides is 3. The molecular formula is C27H29F3N4O5. The summed E-state index contributed by atoms with van der Waals surface area (Å²) < 4.78 is 53.1. The van der Waals surface area contributed by atoms with Crippen LogP contribution in [0.3, 0.4) is 0 Å². The number of aromatic nitrogens is 2. The van der Waals surface area contributed by atoms with Gasteiger partial charge < -0.3 is 29.8 Å². The number of ether oxygens (including phenoxy) is 2. The van der Waals surface area contributed by atoms with Crippen molar-refractivity contribution in [2.45, 2.75) is 44.1 Å². The number of halogens is 3. The minimum absolute atomic E-state index is 0.122. The largest absolute Gasteiger partial charge is 0.457 e. The summed E-state index contributed by atoms with van der Waals surface area (Å²) in [7, 11) is 1.68. The average Bonchev–Trinajstić information content (AvgIpc) is 3.34. The molecule has 0 saturated carbocycles. The Morgan fingerprint density at radius 1 is 1.18 bits per heavy atom. The molecule has 1 fully saturated rings. The average molecular weight is 547 g/mol. The van der Waals surface area contributed by atoms with Crippen molar-refractivity contribution >= 4 is 11.8 Å². The summed E-state index contributed by atoms with van der Waals surface area (Å²) in [5.74, 6) is -0.887. The van der Waals surface area contributed by atoms with E-state index in [-0.39, 0.29) is 42.4 Å². The van der Waals surface area contributed by atoms with Crippen LogP contribution in [0.4, 0.5) is 13.2 Å². The smallest absolute Gasteiger partial charge is 0.419 e. The first-order valence-electron chi connectivity index (χ1n) is 12.3. The minimum Gasteiger partial charge on any atom is -0.457 e. The number of aryl methyl sites for hydroxylation is 1. The number of carbonyl (C=O) groups excluding carboxylic acids is 2. The van der Waals surface area contributed by atoms with Crippen LogP contribution in [0.2, 0.25) is 0 Å². The van der Waals surface area contributed by atoms with E-state index in [1.54, 1.807) is 29.9 Å². The van der Waals surface area contributed by atoms with Gasteiger partial charge in [0.25, 0.3) is 5.91 Å². The number of carbonyl (C=O) groups is 2. The van der Waals surface area contributed by atoms with Crippen molar-refractivity contribution in [2.24, 2.45) is 7.05 Å². The number of nitrogens with one attached hydrogen (secondary N) is 2. The fraction of sp³-hybridized carbons (Fsp3) is 0.370. The number of rotatable bonds is 8. The minimum atomic E-state index is -4.67. The topological polar surface area (TPSA) is 115 Å². The molecule has 1 aliphatic rings. The maximum absolute atomic E-state index is 13.6. The lowest BCUT2D eigenvalue weighted by atomic mass is 9.88. The van der Waals surface area contributed by atoms with E-state index in [0.29, 0.717) is 18.8 Å². The third kappa shape index (κ3) is 6.58. The van der Waals surface area contributed by atoms with Gasteiger partial charge >= 0.3 is 6.18 Å². The second-order valence-corrected chi connectivity index (χ2v) is 9.37. The Bertz CT molecular complexity index is 1320. The highest BCUT2D eigenvalue weighted by atomic mass is 19.4. The summed E-state index contributed by atoms with van der Waals surface area (Å²) in [4.78, 5) is 30.1. The normalized spacial score (nSPS) is 15.8. The first-order valence-corrected chi connectivity index (χ1v) is 12.3. The van der Waals surface area contributed by atoms with E-state index in [0.717, 1.165) is 6.07 Å². The molecule has 2 aromatic carbocycles. The lowest BCUT2D eigenvalue weighted by Crippen LogP contribution is -2.61. The maximum Gasteiger partial charge on any atom is 0.419 e. The molecule has 39 heavy (non-hydrogen) atoms. The van der Waals surface area contributed by atoms with E-state index in [1.807, 2.05) is 0 Å². The van der Waals surface area contributed by atoms with E-state index in [1.165, 1.54) is 37.4 Å². The molecule has 0 bridgehead atoms. The lowest BCUT2D eigenvalue weighted by Gasteiger charge is -2.36. The molecule has 1 aliphatic heterocycles. The summed E-state index contributed by atoms with van der Waals surface area (Å²) in [5.41, 5.74) is -1.36. The summed E-state index contributed by atoms with van der Waals surface area (Å²) in [5, 5.41) is 15.3. The Labute approximate surface area is 222 Å². The van der Waals surface area contributed by atoms with Crippen LogP contribution < -0.4 is 15.4 Å². The molecular weight excluding hydrogens is 517 g/mol. The predicted molar refractivity (Wildman–Crippen MR) is 134 cm³/mol. The second kappa shape index (κ2) is 11.5. The van der Waals surface area contributed by atoms with Crippen molar-refractivity contribution in [2.75, 3.05) is 13.2 Å². The Kier molecular flexibility index (Phi) is 8.26. The van der Waals surface area contributed by atoms with Crippen LogP contribution in [0, 0.1) is 0 Å². The van der Waals surface area contributed by atoms with E-state index in [4.69, 9.17) is 9.47 Å². The third-order valence-electron chi connectivity index (χ3n) is 6.55.